The van der Waals surface area contributed by atoms with Gasteiger partial charge in [-0.25, -0.2) is 0 Å². The number of fused-ring (bicyclic) bond motifs is 4. The van der Waals surface area contributed by atoms with Gasteiger partial charge >= 0.3 is 0 Å². The molecule has 2 amide bonds. The highest BCUT2D eigenvalue weighted by Gasteiger charge is 2.21. The Morgan fingerprint density at radius 3 is 1.43 bits per heavy atom. The molecule has 6 rings (SSSR count). The van der Waals surface area contributed by atoms with Gasteiger partial charge in [-0.2, -0.15) is 0 Å². The van der Waals surface area contributed by atoms with Crippen molar-refractivity contribution in [2.75, 3.05) is 67.6 Å². The van der Waals surface area contributed by atoms with E-state index in [1.807, 2.05) is 88.9 Å². The Morgan fingerprint density at radius 1 is 0.566 bits per heavy atom. The molecule has 2 aliphatic rings. The van der Waals surface area contributed by atoms with E-state index in [9.17, 15) is 9.59 Å². The van der Waals surface area contributed by atoms with E-state index in [1.165, 1.54) is 0 Å². The zero-order chi connectivity index (χ0) is 37.2. The van der Waals surface area contributed by atoms with Crippen LogP contribution in [0.5, 0.6) is 0 Å². The summed E-state index contributed by atoms with van der Waals surface area (Å²) >= 11 is 3.38. The molecule has 0 aromatic heterocycles. The van der Waals surface area contributed by atoms with Crippen LogP contribution in [0.4, 0.5) is 0 Å². The molecule has 8 nitrogen and oxygen atoms in total. The molecule has 0 fully saturated rings. The van der Waals surface area contributed by atoms with Crippen molar-refractivity contribution in [2.45, 2.75) is 38.8 Å². The zero-order valence-electron chi connectivity index (χ0n) is 30.9. The van der Waals surface area contributed by atoms with Gasteiger partial charge in [0.1, 0.15) is 24.7 Å². The van der Waals surface area contributed by atoms with Crippen molar-refractivity contribution in [2.24, 2.45) is 0 Å². The molecule has 0 saturated heterocycles. The summed E-state index contributed by atoms with van der Waals surface area (Å²) in [7, 11) is 8.09. The maximum atomic E-state index is 13.2. The first-order valence-electron chi connectivity index (χ1n) is 18.1. The standard InChI is InChI=1S/C43H48N4O4S2/c1-46(2)22-24-50-36-28-30-12-6-8-14-38(30)52-40-18-16-32(26-34(36)40)42(48)44-20-10-5-11-21-45-43(49)33-17-19-41-35(27-33)37(51-25-23-47(3)4)29-31-13-7-9-15-39(31)53-41/h6-9,12-19,26-29H,5,10-11,20-25H2,1-4H3,(H,44,48)(H,45,49). The maximum absolute atomic E-state index is 13.2. The van der Waals surface area contributed by atoms with Crippen LogP contribution in [0.3, 0.4) is 0 Å². The Kier molecular flexibility index (Phi) is 13.4. The molecule has 4 aromatic rings. The van der Waals surface area contributed by atoms with Crippen LogP contribution in [-0.4, -0.2) is 89.2 Å². The lowest BCUT2D eigenvalue weighted by atomic mass is 10.1. The molecule has 276 valence electrons. The van der Waals surface area contributed by atoms with Crippen LogP contribution in [0.1, 0.15) is 62.2 Å². The maximum Gasteiger partial charge on any atom is 0.251 e. The first-order chi connectivity index (χ1) is 25.7. The fourth-order valence-electron chi connectivity index (χ4n) is 5.92. The lowest BCUT2D eigenvalue weighted by molar-refractivity contribution is 0.0947. The fourth-order valence-corrected chi connectivity index (χ4v) is 7.98. The number of hydrogen-bond acceptors (Lipinski definition) is 8. The number of rotatable bonds is 16. The normalized spacial score (nSPS) is 13.0. The van der Waals surface area contributed by atoms with Gasteiger partial charge in [-0.3, -0.25) is 9.59 Å². The van der Waals surface area contributed by atoms with Crippen molar-refractivity contribution in [3.05, 3.63) is 118 Å². The second kappa shape index (κ2) is 18.5. The number of ether oxygens (including phenoxy) is 2. The number of nitrogens with one attached hydrogen (secondary N) is 2. The molecule has 2 N–H and O–H groups in total. The van der Waals surface area contributed by atoms with Crippen LogP contribution < -0.4 is 10.6 Å². The van der Waals surface area contributed by atoms with Gasteiger partial charge in [0, 0.05) is 68.0 Å². The summed E-state index contributed by atoms with van der Waals surface area (Å²) in [5.41, 5.74) is 5.27. The van der Waals surface area contributed by atoms with Crippen molar-refractivity contribution >= 4 is 59.0 Å². The molecule has 0 unspecified atom stereocenters. The Morgan fingerprint density at radius 2 is 1.00 bits per heavy atom. The van der Waals surface area contributed by atoms with Crippen LogP contribution in [0.2, 0.25) is 0 Å². The highest BCUT2D eigenvalue weighted by Crippen LogP contribution is 2.42. The van der Waals surface area contributed by atoms with Crippen LogP contribution in [-0.2, 0) is 9.47 Å². The van der Waals surface area contributed by atoms with Gasteiger partial charge in [0.25, 0.3) is 11.8 Å². The van der Waals surface area contributed by atoms with Crippen LogP contribution >= 0.6 is 23.5 Å². The largest absolute Gasteiger partial charge is 0.492 e. The lowest BCUT2D eigenvalue weighted by Gasteiger charge is -2.16. The molecule has 0 radical (unpaired) electrons. The predicted octanol–water partition coefficient (Wildman–Crippen LogP) is 8.10. The minimum absolute atomic E-state index is 0.107. The quantitative estimate of drug-likeness (QED) is 0.111. The van der Waals surface area contributed by atoms with Gasteiger partial charge in [0.15, 0.2) is 0 Å². The Labute approximate surface area is 322 Å². The number of unbranched alkanes of at least 4 members (excludes halogenated alkanes) is 2. The monoisotopic (exact) mass is 748 g/mol. The van der Waals surface area contributed by atoms with Crippen molar-refractivity contribution in [1.82, 2.24) is 20.4 Å². The SMILES string of the molecule is CN(C)CCOC1=Cc2ccccc2Sc2ccc(C(=O)NCCCCCNC(=O)c3ccc4c(c3)C(OCCN(C)C)=Cc3ccccc3S4)cc21. The Bertz CT molecular complexity index is 1850. The fraction of sp³-hybridized carbons (Fsp3) is 0.302. The summed E-state index contributed by atoms with van der Waals surface area (Å²) < 4.78 is 12.5. The van der Waals surface area contributed by atoms with E-state index in [2.05, 4.69) is 56.9 Å². The van der Waals surface area contributed by atoms with E-state index in [-0.39, 0.29) is 11.8 Å². The summed E-state index contributed by atoms with van der Waals surface area (Å²) in [6, 6.07) is 28.2. The number of nitrogens with zero attached hydrogens (tertiary/aromatic N) is 2. The second-order valence-corrected chi connectivity index (χ2v) is 15.8. The summed E-state index contributed by atoms with van der Waals surface area (Å²) in [4.78, 5) is 35.1. The highest BCUT2D eigenvalue weighted by atomic mass is 32.2. The molecule has 53 heavy (non-hydrogen) atoms. The van der Waals surface area contributed by atoms with Gasteiger partial charge < -0.3 is 29.9 Å². The molecule has 0 aliphatic carbocycles. The van der Waals surface area contributed by atoms with Crippen molar-refractivity contribution in [3.8, 4) is 0 Å². The minimum atomic E-state index is -0.107. The average Bonchev–Trinajstić information content (AvgIpc) is 3.40. The predicted molar refractivity (Wildman–Crippen MR) is 217 cm³/mol. The van der Waals surface area contributed by atoms with E-state index >= 15 is 0 Å². The van der Waals surface area contributed by atoms with Crippen molar-refractivity contribution in [3.63, 3.8) is 0 Å². The third kappa shape index (κ3) is 10.4. The Balaban J connectivity index is 0.993. The number of likely N-dealkylation sites (N-methyl/N-ethyl adjacent to an activating group) is 2. The van der Waals surface area contributed by atoms with Gasteiger partial charge in [-0.1, -0.05) is 59.9 Å². The topological polar surface area (TPSA) is 83.1 Å². The number of carbonyl (C=O) groups excluding carboxylic acids is 2. The van der Waals surface area contributed by atoms with Gasteiger partial charge in [-0.15, -0.1) is 0 Å². The Hall–Kier alpha value is -4.48. The number of benzene rings is 4. The number of hydrogen-bond donors (Lipinski definition) is 2. The molecule has 0 atom stereocenters. The molecule has 2 aliphatic heterocycles. The van der Waals surface area contributed by atoms with E-state index in [4.69, 9.17) is 9.47 Å². The molecule has 4 aromatic carbocycles. The number of amides is 2. The van der Waals surface area contributed by atoms with E-state index in [0.717, 1.165) is 85.7 Å². The lowest BCUT2D eigenvalue weighted by Crippen LogP contribution is -2.26. The summed E-state index contributed by atoms with van der Waals surface area (Å²) in [6.45, 7) is 3.79. The van der Waals surface area contributed by atoms with Crippen LogP contribution in [0.15, 0.2) is 105 Å². The molecular formula is C43H48N4O4S2. The molecule has 0 bridgehead atoms. The van der Waals surface area contributed by atoms with E-state index in [0.29, 0.717) is 37.4 Å². The molecule has 10 heteroatoms. The van der Waals surface area contributed by atoms with Crippen LogP contribution in [0, 0.1) is 0 Å². The van der Waals surface area contributed by atoms with Crippen molar-refractivity contribution in [1.29, 1.82) is 0 Å². The first-order valence-corrected chi connectivity index (χ1v) is 19.8. The summed E-state index contributed by atoms with van der Waals surface area (Å²) in [5.74, 6) is 1.33. The first kappa shape index (κ1) is 38.3. The minimum Gasteiger partial charge on any atom is -0.492 e. The van der Waals surface area contributed by atoms with Gasteiger partial charge in [0.2, 0.25) is 0 Å². The summed E-state index contributed by atoms with van der Waals surface area (Å²) in [5, 5.41) is 6.16. The third-order valence-electron chi connectivity index (χ3n) is 8.88. The van der Waals surface area contributed by atoms with Gasteiger partial charge in [0.05, 0.1) is 0 Å². The molecular weight excluding hydrogens is 701 g/mol. The van der Waals surface area contributed by atoms with E-state index in [1.54, 1.807) is 23.5 Å². The third-order valence-corrected chi connectivity index (χ3v) is 11.2. The number of carbonyl (C=O) groups is 2. The highest BCUT2D eigenvalue weighted by molar-refractivity contribution is 7.99. The second-order valence-electron chi connectivity index (χ2n) is 13.6. The van der Waals surface area contributed by atoms with Crippen LogP contribution in [0.25, 0.3) is 23.7 Å². The smallest absolute Gasteiger partial charge is 0.251 e. The molecule has 2 heterocycles. The van der Waals surface area contributed by atoms with Crippen molar-refractivity contribution < 1.29 is 19.1 Å². The molecule has 0 spiro atoms. The van der Waals surface area contributed by atoms with Gasteiger partial charge in [-0.05, 0) is 119 Å². The average molecular weight is 749 g/mol. The van der Waals surface area contributed by atoms with E-state index < -0.39 is 0 Å². The summed E-state index contributed by atoms with van der Waals surface area (Å²) in [6.07, 6.45) is 6.65. The zero-order valence-corrected chi connectivity index (χ0v) is 32.6. The molecule has 0 saturated carbocycles.